The lowest BCUT2D eigenvalue weighted by Crippen LogP contribution is -2.27. The predicted octanol–water partition coefficient (Wildman–Crippen LogP) is 3.35. The third-order valence-electron chi connectivity index (χ3n) is 3.82. The topological polar surface area (TPSA) is 49.3 Å². The molecular weight excluding hydrogens is 250 g/mol. The van der Waals surface area contributed by atoms with Crippen molar-refractivity contribution in [3.05, 3.63) is 65.2 Å². The number of hydrogen-bond donors (Lipinski definition) is 2. The summed E-state index contributed by atoms with van der Waals surface area (Å²) in [6.45, 7) is 0. The van der Waals surface area contributed by atoms with Crippen LogP contribution in [0.15, 0.2) is 48.5 Å². The van der Waals surface area contributed by atoms with Gasteiger partial charge in [-0.25, -0.2) is 4.79 Å². The smallest absolute Gasteiger partial charge is 0.335 e. The second kappa shape index (κ2) is 5.37. The van der Waals surface area contributed by atoms with Crippen LogP contribution in [0.3, 0.4) is 0 Å². The number of carboxylic acid groups (broad SMARTS) is 1. The maximum atomic E-state index is 10.8. The molecule has 0 aliphatic carbocycles. The fourth-order valence-electron chi connectivity index (χ4n) is 2.72. The van der Waals surface area contributed by atoms with Crippen LogP contribution in [0.1, 0.15) is 27.9 Å². The van der Waals surface area contributed by atoms with Gasteiger partial charge in [0.1, 0.15) is 0 Å². The zero-order valence-electron chi connectivity index (χ0n) is 11.2. The Morgan fingerprint density at radius 1 is 1.15 bits per heavy atom. The molecular formula is C17H17NO2. The Morgan fingerprint density at radius 2 is 1.90 bits per heavy atom. The Labute approximate surface area is 118 Å². The number of anilines is 1. The number of aryl methyl sites for hydroxylation is 1. The second-order valence-corrected chi connectivity index (χ2v) is 5.24. The molecule has 3 rings (SSSR count). The molecule has 0 saturated heterocycles. The number of aromatic carboxylic acids is 1. The number of rotatable bonds is 3. The van der Waals surface area contributed by atoms with Gasteiger partial charge < -0.3 is 10.4 Å². The van der Waals surface area contributed by atoms with Crippen LogP contribution in [0.4, 0.5) is 5.69 Å². The fourth-order valence-corrected chi connectivity index (χ4v) is 2.72. The molecule has 1 aliphatic heterocycles. The first-order chi connectivity index (χ1) is 9.72. The number of hydrogen-bond acceptors (Lipinski definition) is 2. The molecule has 3 nitrogen and oxygen atoms in total. The monoisotopic (exact) mass is 267 g/mol. The molecule has 2 aromatic rings. The van der Waals surface area contributed by atoms with Crippen LogP contribution in [0, 0.1) is 0 Å². The molecule has 0 spiro atoms. The number of nitrogens with one attached hydrogen (secondary N) is 1. The van der Waals surface area contributed by atoms with Crippen molar-refractivity contribution in [2.24, 2.45) is 0 Å². The quantitative estimate of drug-likeness (QED) is 0.896. The summed E-state index contributed by atoms with van der Waals surface area (Å²) in [7, 11) is 0. The van der Waals surface area contributed by atoms with Crippen molar-refractivity contribution in [2.45, 2.75) is 25.3 Å². The van der Waals surface area contributed by atoms with Gasteiger partial charge in [-0.1, -0.05) is 30.3 Å². The molecule has 1 atom stereocenters. The highest BCUT2D eigenvalue weighted by molar-refractivity contribution is 5.87. The van der Waals surface area contributed by atoms with E-state index in [1.54, 1.807) is 12.1 Å². The van der Waals surface area contributed by atoms with Crippen LogP contribution >= 0.6 is 0 Å². The maximum absolute atomic E-state index is 10.8. The number of carbonyl (C=O) groups is 1. The molecule has 2 aromatic carbocycles. The minimum absolute atomic E-state index is 0.343. The molecule has 0 fully saturated rings. The highest BCUT2D eigenvalue weighted by atomic mass is 16.4. The highest BCUT2D eigenvalue weighted by Crippen LogP contribution is 2.25. The van der Waals surface area contributed by atoms with E-state index in [2.05, 4.69) is 29.6 Å². The van der Waals surface area contributed by atoms with Crippen LogP contribution in [0.2, 0.25) is 0 Å². The van der Waals surface area contributed by atoms with E-state index in [1.165, 1.54) is 16.8 Å². The molecule has 0 bridgehead atoms. The minimum Gasteiger partial charge on any atom is -0.478 e. The number of fused-ring (bicyclic) bond motifs is 1. The molecule has 3 heteroatoms. The molecule has 0 aromatic heterocycles. The van der Waals surface area contributed by atoms with E-state index in [9.17, 15) is 4.79 Å². The summed E-state index contributed by atoms with van der Waals surface area (Å²) in [5.74, 6) is -0.874. The van der Waals surface area contributed by atoms with Crippen molar-refractivity contribution < 1.29 is 9.90 Å². The number of benzene rings is 2. The van der Waals surface area contributed by atoms with Gasteiger partial charge in [-0.05, 0) is 48.6 Å². The van der Waals surface area contributed by atoms with Crippen LogP contribution in [-0.4, -0.2) is 17.1 Å². The normalized spacial score (nSPS) is 17.1. The van der Waals surface area contributed by atoms with Crippen molar-refractivity contribution in [3.8, 4) is 0 Å². The van der Waals surface area contributed by atoms with Gasteiger partial charge in [0.2, 0.25) is 0 Å². The van der Waals surface area contributed by atoms with Crippen molar-refractivity contribution >= 4 is 11.7 Å². The van der Waals surface area contributed by atoms with Crippen molar-refractivity contribution in [1.82, 2.24) is 0 Å². The largest absolute Gasteiger partial charge is 0.478 e. The van der Waals surface area contributed by atoms with E-state index in [-0.39, 0.29) is 0 Å². The van der Waals surface area contributed by atoms with Crippen LogP contribution in [0.5, 0.6) is 0 Å². The molecule has 2 N–H and O–H groups in total. The standard InChI is InChI=1S/C17H17NO2/c19-17(20)14-7-5-12(6-8-14)11-15-10-9-13-3-1-2-4-16(13)18-15/h1-8,15,18H,9-11H2,(H,19,20). The summed E-state index contributed by atoms with van der Waals surface area (Å²) in [5, 5.41) is 12.5. The summed E-state index contributed by atoms with van der Waals surface area (Å²) in [4.78, 5) is 10.8. The van der Waals surface area contributed by atoms with Gasteiger partial charge >= 0.3 is 5.97 Å². The summed E-state index contributed by atoms with van der Waals surface area (Å²) in [6, 6.07) is 16.0. The SMILES string of the molecule is O=C(O)c1ccc(CC2CCc3ccccc3N2)cc1. The van der Waals surface area contributed by atoms with E-state index in [1.807, 2.05) is 12.1 Å². The first kappa shape index (κ1) is 12.7. The Balaban J connectivity index is 1.69. The molecule has 1 unspecified atom stereocenters. The van der Waals surface area contributed by atoms with E-state index < -0.39 is 5.97 Å². The summed E-state index contributed by atoms with van der Waals surface area (Å²) in [6.07, 6.45) is 3.13. The van der Waals surface area contributed by atoms with Gasteiger partial charge in [-0.3, -0.25) is 0 Å². The van der Waals surface area contributed by atoms with Gasteiger partial charge in [-0.15, -0.1) is 0 Å². The first-order valence-corrected chi connectivity index (χ1v) is 6.89. The lowest BCUT2D eigenvalue weighted by Gasteiger charge is -2.27. The first-order valence-electron chi connectivity index (χ1n) is 6.89. The minimum atomic E-state index is -0.874. The summed E-state index contributed by atoms with van der Waals surface area (Å²) < 4.78 is 0. The zero-order valence-corrected chi connectivity index (χ0v) is 11.2. The molecule has 20 heavy (non-hydrogen) atoms. The summed E-state index contributed by atoms with van der Waals surface area (Å²) >= 11 is 0. The van der Waals surface area contributed by atoms with E-state index in [0.29, 0.717) is 11.6 Å². The van der Waals surface area contributed by atoms with Crippen molar-refractivity contribution in [3.63, 3.8) is 0 Å². The predicted molar refractivity (Wildman–Crippen MR) is 79.3 cm³/mol. The average Bonchev–Trinajstić information content (AvgIpc) is 2.48. The fraction of sp³-hybridized carbons (Fsp3) is 0.235. The molecule has 0 radical (unpaired) electrons. The van der Waals surface area contributed by atoms with E-state index in [4.69, 9.17) is 5.11 Å². The third-order valence-corrected chi connectivity index (χ3v) is 3.82. The van der Waals surface area contributed by atoms with Gasteiger partial charge in [-0.2, -0.15) is 0 Å². The van der Waals surface area contributed by atoms with Crippen LogP contribution in [-0.2, 0) is 12.8 Å². The van der Waals surface area contributed by atoms with Gasteiger partial charge in [0.15, 0.2) is 0 Å². The summed E-state index contributed by atoms with van der Waals surface area (Å²) in [5.41, 5.74) is 4.12. The average molecular weight is 267 g/mol. The van der Waals surface area contributed by atoms with Gasteiger partial charge in [0, 0.05) is 11.7 Å². The Bertz CT molecular complexity index is 619. The molecule has 1 aliphatic rings. The van der Waals surface area contributed by atoms with E-state index in [0.717, 1.165) is 19.3 Å². The lowest BCUT2D eigenvalue weighted by molar-refractivity contribution is 0.0697. The third kappa shape index (κ3) is 2.67. The zero-order chi connectivity index (χ0) is 13.9. The number of para-hydroxylation sites is 1. The Hall–Kier alpha value is -2.29. The van der Waals surface area contributed by atoms with Crippen LogP contribution < -0.4 is 5.32 Å². The van der Waals surface area contributed by atoms with Crippen LogP contribution in [0.25, 0.3) is 0 Å². The Morgan fingerprint density at radius 3 is 2.65 bits per heavy atom. The molecule has 102 valence electrons. The van der Waals surface area contributed by atoms with E-state index >= 15 is 0 Å². The molecule has 1 heterocycles. The Kier molecular flexibility index (Phi) is 3.42. The second-order valence-electron chi connectivity index (χ2n) is 5.24. The van der Waals surface area contributed by atoms with Gasteiger partial charge in [0.05, 0.1) is 5.56 Å². The van der Waals surface area contributed by atoms with Crippen molar-refractivity contribution in [1.29, 1.82) is 0 Å². The molecule has 0 saturated carbocycles. The number of carboxylic acids is 1. The molecule has 0 amide bonds. The lowest BCUT2D eigenvalue weighted by atomic mass is 9.93. The highest BCUT2D eigenvalue weighted by Gasteiger charge is 2.17. The van der Waals surface area contributed by atoms with Crippen molar-refractivity contribution in [2.75, 3.05) is 5.32 Å². The maximum Gasteiger partial charge on any atom is 0.335 e. The van der Waals surface area contributed by atoms with Gasteiger partial charge in [0.25, 0.3) is 0 Å².